The quantitative estimate of drug-likeness (QED) is 0.206. The predicted molar refractivity (Wildman–Crippen MR) is 104 cm³/mol. The molecule has 0 bridgehead atoms. The molecular weight excluding hydrogens is 278 g/mol. The van der Waals surface area contributed by atoms with E-state index in [4.69, 9.17) is 5.73 Å². The molecule has 135 valence electrons. The minimum atomic E-state index is 0.000789. The van der Waals surface area contributed by atoms with Crippen LogP contribution in [-0.4, -0.2) is 5.54 Å². The molecule has 0 aromatic heterocycles. The highest BCUT2D eigenvalue weighted by atomic mass is 14.8. The second-order valence-electron chi connectivity index (χ2n) is 7.82. The Kier molecular flexibility index (Phi) is 12.7. The van der Waals surface area contributed by atoms with E-state index in [0.29, 0.717) is 0 Å². The molecule has 0 unspecified atom stereocenters. The van der Waals surface area contributed by atoms with Gasteiger partial charge in [-0.05, 0) is 51.4 Å². The fraction of sp³-hybridized carbons (Fsp3) is 0.909. The van der Waals surface area contributed by atoms with Crippen LogP contribution in [0.25, 0.3) is 0 Å². The Bertz CT molecular complexity index is 278. The van der Waals surface area contributed by atoms with Crippen molar-refractivity contribution in [2.75, 3.05) is 0 Å². The molecule has 1 saturated carbocycles. The van der Waals surface area contributed by atoms with Gasteiger partial charge in [-0.1, -0.05) is 83.3 Å². The van der Waals surface area contributed by atoms with Crippen LogP contribution in [0.2, 0.25) is 0 Å². The molecule has 0 amide bonds. The van der Waals surface area contributed by atoms with Crippen molar-refractivity contribution in [2.24, 2.45) is 0 Å². The fourth-order valence-electron chi connectivity index (χ4n) is 3.56. The first kappa shape index (κ1) is 20.7. The maximum absolute atomic E-state index is 8.14. The van der Waals surface area contributed by atoms with Crippen LogP contribution in [0.15, 0.2) is 12.2 Å². The summed E-state index contributed by atoms with van der Waals surface area (Å²) in [5.41, 5.74) is 8.14. The average Bonchev–Trinajstić information content (AvgIpc) is 2.53. The zero-order chi connectivity index (χ0) is 16.6. The van der Waals surface area contributed by atoms with E-state index < -0.39 is 0 Å². The van der Waals surface area contributed by atoms with Crippen molar-refractivity contribution in [3.8, 4) is 0 Å². The molecule has 0 atom stereocenters. The van der Waals surface area contributed by atoms with E-state index in [1.807, 2.05) is 0 Å². The highest BCUT2D eigenvalue weighted by molar-refractivity contribution is 4.91. The molecular formula is C22H42N. The van der Waals surface area contributed by atoms with Crippen LogP contribution in [0.1, 0.15) is 122 Å². The van der Waals surface area contributed by atoms with Crippen molar-refractivity contribution in [3.05, 3.63) is 12.2 Å². The molecule has 1 N–H and O–H groups in total. The highest BCUT2D eigenvalue weighted by Gasteiger charge is 2.32. The number of allylic oxidation sites excluding steroid dienone is 2. The van der Waals surface area contributed by atoms with Crippen LogP contribution >= 0.6 is 0 Å². The number of hydrogen-bond donors (Lipinski definition) is 0. The summed E-state index contributed by atoms with van der Waals surface area (Å²) in [5.74, 6) is 0. The third-order valence-corrected chi connectivity index (χ3v) is 5.48. The zero-order valence-corrected chi connectivity index (χ0v) is 15.9. The van der Waals surface area contributed by atoms with Gasteiger partial charge >= 0.3 is 0 Å². The Labute approximate surface area is 146 Å². The van der Waals surface area contributed by atoms with E-state index in [0.717, 1.165) is 19.3 Å². The Hall–Kier alpha value is -0.300. The first-order chi connectivity index (χ1) is 11.3. The predicted octanol–water partition coefficient (Wildman–Crippen LogP) is 7.62. The van der Waals surface area contributed by atoms with Crippen LogP contribution in [0.4, 0.5) is 0 Å². The van der Waals surface area contributed by atoms with Crippen LogP contribution in [0.3, 0.4) is 0 Å². The van der Waals surface area contributed by atoms with Crippen molar-refractivity contribution >= 4 is 0 Å². The third kappa shape index (κ3) is 11.8. The van der Waals surface area contributed by atoms with Gasteiger partial charge in [0.15, 0.2) is 0 Å². The molecule has 0 saturated heterocycles. The van der Waals surface area contributed by atoms with Gasteiger partial charge in [-0.2, -0.15) is 0 Å². The van der Waals surface area contributed by atoms with Crippen molar-refractivity contribution in [1.29, 1.82) is 0 Å². The molecule has 1 heteroatoms. The van der Waals surface area contributed by atoms with E-state index >= 15 is 0 Å². The standard InChI is InChI=1S/C22H42N/c1-2-3-4-5-6-7-8-9-10-11-12-13-14-15-16-17-19-22(23)20-18-21-22/h9-10,23H,2-8,11-21H2,1H3. The number of nitrogens with one attached hydrogen (secondary N) is 1. The van der Waals surface area contributed by atoms with Gasteiger partial charge in [0.05, 0.1) is 0 Å². The third-order valence-electron chi connectivity index (χ3n) is 5.48. The summed E-state index contributed by atoms with van der Waals surface area (Å²) in [6.45, 7) is 2.28. The Morgan fingerprint density at radius 3 is 1.65 bits per heavy atom. The lowest BCUT2D eigenvalue weighted by atomic mass is 9.74. The van der Waals surface area contributed by atoms with Gasteiger partial charge in [-0.25, -0.2) is 0 Å². The largest absolute Gasteiger partial charge is 0.251 e. The summed E-state index contributed by atoms with van der Waals surface area (Å²) in [6, 6.07) is 0. The second-order valence-corrected chi connectivity index (χ2v) is 7.82. The summed E-state index contributed by atoms with van der Waals surface area (Å²) in [6.07, 6.45) is 28.8. The smallest absolute Gasteiger partial charge is 0.0324 e. The van der Waals surface area contributed by atoms with E-state index in [9.17, 15) is 0 Å². The zero-order valence-electron chi connectivity index (χ0n) is 15.9. The minimum Gasteiger partial charge on any atom is -0.251 e. The molecule has 1 aliphatic carbocycles. The first-order valence-corrected chi connectivity index (χ1v) is 10.7. The molecule has 23 heavy (non-hydrogen) atoms. The molecule has 0 aliphatic heterocycles. The van der Waals surface area contributed by atoms with Gasteiger partial charge in [0.25, 0.3) is 0 Å². The Morgan fingerprint density at radius 2 is 1.17 bits per heavy atom. The maximum atomic E-state index is 8.14. The van der Waals surface area contributed by atoms with E-state index in [1.54, 1.807) is 0 Å². The van der Waals surface area contributed by atoms with Gasteiger partial charge in [-0.15, -0.1) is 0 Å². The second kappa shape index (κ2) is 14.1. The molecule has 0 aromatic carbocycles. The topological polar surface area (TPSA) is 23.8 Å². The normalized spacial score (nSPS) is 16.8. The highest BCUT2D eigenvalue weighted by Crippen LogP contribution is 2.35. The van der Waals surface area contributed by atoms with Gasteiger partial charge in [0.2, 0.25) is 0 Å². The molecule has 0 spiro atoms. The Morgan fingerprint density at radius 1 is 0.696 bits per heavy atom. The Balaban J connectivity index is 1.71. The summed E-state index contributed by atoms with van der Waals surface area (Å²) < 4.78 is 0. The minimum absolute atomic E-state index is 0.000789. The van der Waals surface area contributed by atoms with Crippen LogP contribution in [0, 0.1) is 0 Å². The van der Waals surface area contributed by atoms with Crippen molar-refractivity contribution in [3.63, 3.8) is 0 Å². The molecule has 1 fully saturated rings. The number of unbranched alkanes of at least 4 members (excludes halogenated alkanes) is 12. The summed E-state index contributed by atoms with van der Waals surface area (Å²) in [5, 5.41) is 0. The molecule has 1 rings (SSSR count). The van der Waals surface area contributed by atoms with Crippen LogP contribution < -0.4 is 5.73 Å². The fourth-order valence-corrected chi connectivity index (χ4v) is 3.56. The van der Waals surface area contributed by atoms with E-state index in [-0.39, 0.29) is 5.54 Å². The van der Waals surface area contributed by atoms with Crippen LogP contribution in [0.5, 0.6) is 0 Å². The lowest BCUT2D eigenvalue weighted by Crippen LogP contribution is -2.38. The van der Waals surface area contributed by atoms with Gasteiger partial charge in [0.1, 0.15) is 0 Å². The summed E-state index contributed by atoms with van der Waals surface area (Å²) in [7, 11) is 0. The first-order valence-electron chi connectivity index (χ1n) is 10.7. The number of hydrogen-bond acceptors (Lipinski definition) is 0. The summed E-state index contributed by atoms with van der Waals surface area (Å²) in [4.78, 5) is 0. The molecule has 0 heterocycles. The molecule has 1 radical (unpaired) electrons. The molecule has 1 aliphatic rings. The van der Waals surface area contributed by atoms with Gasteiger partial charge in [0, 0.05) is 5.54 Å². The monoisotopic (exact) mass is 320 g/mol. The van der Waals surface area contributed by atoms with Crippen molar-refractivity contribution in [1.82, 2.24) is 5.73 Å². The molecule has 1 nitrogen and oxygen atoms in total. The van der Waals surface area contributed by atoms with E-state index in [2.05, 4.69) is 19.1 Å². The van der Waals surface area contributed by atoms with Crippen molar-refractivity contribution < 1.29 is 0 Å². The van der Waals surface area contributed by atoms with E-state index in [1.165, 1.54) is 96.3 Å². The lowest BCUT2D eigenvalue weighted by molar-refractivity contribution is 0.214. The maximum Gasteiger partial charge on any atom is 0.0324 e. The SMILES string of the molecule is CCCCCCCCC=CCCCCCCCCC1([NH])CCC1. The number of rotatable bonds is 16. The summed E-state index contributed by atoms with van der Waals surface area (Å²) >= 11 is 0. The van der Waals surface area contributed by atoms with Gasteiger partial charge < -0.3 is 0 Å². The van der Waals surface area contributed by atoms with Crippen molar-refractivity contribution in [2.45, 2.75) is 128 Å². The van der Waals surface area contributed by atoms with Crippen LogP contribution in [-0.2, 0) is 0 Å². The molecule has 0 aromatic rings. The lowest BCUT2D eigenvalue weighted by Gasteiger charge is -2.37. The average molecular weight is 321 g/mol. The van der Waals surface area contributed by atoms with Gasteiger partial charge in [-0.3, -0.25) is 5.73 Å².